The van der Waals surface area contributed by atoms with Crippen molar-refractivity contribution in [3.05, 3.63) is 59.5 Å². The second-order valence-electron chi connectivity index (χ2n) is 14.0. The molecule has 9 atom stereocenters. The van der Waals surface area contributed by atoms with Crippen LogP contribution in [0.3, 0.4) is 0 Å². The summed E-state index contributed by atoms with van der Waals surface area (Å²) >= 11 is 9.94. The molecular weight excluding hydrogens is 747 g/mol. The minimum absolute atomic E-state index is 0.214. The molecule has 3 aliphatic rings. The Hall–Kier alpha value is -1.96. The minimum Gasteiger partial charge on any atom is -0.408 e. The number of nitrogen functional groups attached to an aromatic ring is 1. The fraction of sp³-hybridized carbons (Fsp3) is 0.552. The van der Waals surface area contributed by atoms with Gasteiger partial charge in [-0.3, -0.25) is 27.3 Å². The van der Waals surface area contributed by atoms with E-state index >= 15 is 0 Å². The molecule has 0 radical (unpaired) electrons. The van der Waals surface area contributed by atoms with E-state index in [0.717, 1.165) is 5.39 Å². The molecule has 0 aromatic carbocycles. The number of hydrogen-bond acceptors (Lipinski definition) is 13. The van der Waals surface area contributed by atoms with Gasteiger partial charge in [-0.15, -0.1) is 0 Å². The smallest absolute Gasteiger partial charge is 0.386 e. The van der Waals surface area contributed by atoms with Crippen molar-refractivity contribution in [1.29, 1.82) is 0 Å². The summed E-state index contributed by atoms with van der Waals surface area (Å²) in [4.78, 5) is 33.0. The summed E-state index contributed by atoms with van der Waals surface area (Å²) in [5.41, 5.74) is 6.99. The van der Waals surface area contributed by atoms with Gasteiger partial charge in [-0.25, -0.2) is 14.5 Å². The molecule has 3 saturated heterocycles. The Morgan fingerprint density at radius 3 is 2.52 bits per heavy atom. The van der Waals surface area contributed by atoms with E-state index in [-0.39, 0.29) is 36.0 Å². The molecule has 0 saturated carbocycles. The number of nitrogens with two attached hydrogens (primary N) is 1. The van der Waals surface area contributed by atoms with Gasteiger partial charge in [-0.1, -0.05) is 33.0 Å². The molecule has 2 bridgehead atoms. The number of aromatic nitrogens is 5. The molecule has 0 aliphatic carbocycles. The van der Waals surface area contributed by atoms with Crippen molar-refractivity contribution < 1.29 is 41.5 Å². The van der Waals surface area contributed by atoms with Crippen LogP contribution in [0.5, 0.6) is 0 Å². The van der Waals surface area contributed by atoms with Gasteiger partial charge in [-0.2, -0.15) is 0 Å². The summed E-state index contributed by atoms with van der Waals surface area (Å²) in [5, 5.41) is 0.500. The van der Waals surface area contributed by atoms with Crippen LogP contribution in [-0.4, -0.2) is 80.4 Å². The van der Waals surface area contributed by atoms with Gasteiger partial charge >= 0.3 is 13.5 Å². The maximum Gasteiger partial charge on any atom is 0.386 e. The topological polar surface area (TPSA) is 185 Å². The van der Waals surface area contributed by atoms with Gasteiger partial charge in [0.05, 0.1) is 13.2 Å². The quantitative estimate of drug-likeness (QED) is 0.146. The van der Waals surface area contributed by atoms with Crippen LogP contribution in [0.1, 0.15) is 39.6 Å². The van der Waals surface area contributed by atoms with Crippen LogP contribution >= 0.6 is 25.8 Å². The van der Waals surface area contributed by atoms with Gasteiger partial charge in [0.2, 0.25) is 5.78 Å². The Labute approximate surface area is 299 Å². The Balaban J connectivity index is 1.24. The molecule has 7 heterocycles. The SMILES string of the molecule is CC(C)(C)[Si](C)(C)O[C@H]1[C@H]2OP(O)(=S)OC[C@H]3O[C@@H](n4ccc5c(N)ccnc54)C[C@@H]3OP(=O)(S)OC[C@H]1O[C@H]2n1ccc(=O)n2ccnc12. The molecule has 16 nitrogen and oxygen atoms in total. The zero-order valence-electron chi connectivity index (χ0n) is 28.0. The molecule has 50 heavy (non-hydrogen) atoms. The maximum atomic E-state index is 13.9. The molecule has 21 heteroatoms. The van der Waals surface area contributed by atoms with Crippen molar-refractivity contribution in [2.24, 2.45) is 0 Å². The van der Waals surface area contributed by atoms with Crippen LogP contribution < -0.4 is 11.3 Å². The van der Waals surface area contributed by atoms with E-state index in [0.29, 0.717) is 11.3 Å². The van der Waals surface area contributed by atoms with E-state index < -0.39 is 64.8 Å². The third kappa shape index (κ3) is 6.94. The summed E-state index contributed by atoms with van der Waals surface area (Å²) < 4.78 is 62.6. The number of anilines is 1. The Morgan fingerprint density at radius 2 is 1.76 bits per heavy atom. The zero-order chi connectivity index (χ0) is 35.8. The highest BCUT2D eigenvalue weighted by atomic mass is 32.7. The first-order chi connectivity index (χ1) is 23.4. The van der Waals surface area contributed by atoms with Crippen molar-refractivity contribution >= 4 is 68.4 Å². The standard InChI is InChI=1S/C29H40N6O10P2S2Si/c1-29(2,3)50(4,5)45-24-21-16-40-46(37,48)43-19-14-23(34-11-7-17-18(30)6-9-31-26(17)34)41-20(19)15-39-47(38,49)44-25(24)27(42-21)35-12-8-22(36)33-13-10-32-28(33)35/h6-13,19-21,23-25,27H,14-16H2,1-5H3,(H2,30,31)(H,37,48)(H,38,49)/t19-,20+,21+,23+,24+,25+,27+,46?,47?/m0/s1. The minimum atomic E-state index is -4.08. The third-order valence-electron chi connectivity index (χ3n) is 9.73. The number of thiol groups is 1. The van der Waals surface area contributed by atoms with Crippen LogP contribution in [0.2, 0.25) is 18.1 Å². The lowest BCUT2D eigenvalue weighted by Gasteiger charge is -2.40. The summed E-state index contributed by atoms with van der Waals surface area (Å²) in [6.07, 6.45) is 1.84. The predicted octanol–water partition coefficient (Wildman–Crippen LogP) is 4.78. The van der Waals surface area contributed by atoms with E-state index in [4.69, 9.17) is 49.5 Å². The predicted molar refractivity (Wildman–Crippen MR) is 193 cm³/mol. The fourth-order valence-corrected chi connectivity index (χ4v) is 10.4. The van der Waals surface area contributed by atoms with Crippen molar-refractivity contribution in [3.63, 3.8) is 0 Å². The van der Waals surface area contributed by atoms with Gasteiger partial charge in [0, 0.05) is 54.5 Å². The lowest BCUT2D eigenvalue weighted by Crippen LogP contribution is -2.50. The van der Waals surface area contributed by atoms with E-state index in [9.17, 15) is 14.3 Å². The molecule has 7 rings (SSSR count). The summed E-state index contributed by atoms with van der Waals surface area (Å²) in [5.74, 6) is 0.252. The van der Waals surface area contributed by atoms with Crippen molar-refractivity contribution in [1.82, 2.24) is 23.5 Å². The van der Waals surface area contributed by atoms with E-state index in [1.165, 1.54) is 29.1 Å². The molecule has 3 N–H and O–H groups in total. The fourth-order valence-electron chi connectivity index (χ4n) is 6.15. The van der Waals surface area contributed by atoms with Gasteiger partial charge in [0.25, 0.3) is 5.56 Å². The third-order valence-corrected chi connectivity index (χ3v) is 17.4. The van der Waals surface area contributed by atoms with Gasteiger partial charge in [0.15, 0.2) is 14.5 Å². The molecular formula is C29H40N6O10P2S2Si. The summed E-state index contributed by atoms with van der Waals surface area (Å²) in [7, 11) is -2.57. The van der Waals surface area contributed by atoms with Gasteiger partial charge in [0.1, 0.15) is 42.4 Å². The van der Waals surface area contributed by atoms with Crippen molar-refractivity contribution in [2.45, 2.75) is 88.3 Å². The van der Waals surface area contributed by atoms with Crippen LogP contribution in [0.25, 0.3) is 16.8 Å². The number of hydrogen-bond donors (Lipinski definition) is 3. The molecule has 0 spiro atoms. The highest BCUT2D eigenvalue weighted by Gasteiger charge is 2.54. The number of ether oxygens (including phenoxy) is 2. The summed E-state index contributed by atoms with van der Waals surface area (Å²) in [6, 6.07) is 4.89. The normalized spacial score (nSPS) is 34.3. The zero-order valence-corrected chi connectivity index (χ0v) is 32.5. The largest absolute Gasteiger partial charge is 0.408 e. The molecule has 4 aromatic rings. The van der Waals surface area contributed by atoms with E-state index in [1.807, 2.05) is 6.07 Å². The highest BCUT2D eigenvalue weighted by molar-refractivity contribution is 8.44. The highest BCUT2D eigenvalue weighted by Crippen LogP contribution is 2.58. The summed E-state index contributed by atoms with van der Waals surface area (Å²) in [6.45, 7) is 1.62. The first kappa shape index (κ1) is 36.4. The van der Waals surface area contributed by atoms with Crippen molar-refractivity contribution in [2.75, 3.05) is 18.9 Å². The van der Waals surface area contributed by atoms with Crippen LogP contribution in [0.4, 0.5) is 5.69 Å². The molecule has 2 unspecified atom stereocenters. The first-order valence-corrected chi connectivity index (χ1v) is 24.2. The second-order valence-corrected chi connectivity index (χ2v) is 24.5. The molecule has 3 aliphatic heterocycles. The van der Waals surface area contributed by atoms with E-state index in [1.54, 1.807) is 27.6 Å². The Morgan fingerprint density at radius 1 is 1.02 bits per heavy atom. The number of nitrogens with zero attached hydrogens (tertiary/aromatic N) is 5. The molecule has 0 amide bonds. The number of fused-ring (bicyclic) bond motifs is 5. The average molecular weight is 787 g/mol. The molecule has 4 aromatic heterocycles. The molecule has 3 fully saturated rings. The van der Waals surface area contributed by atoms with Crippen molar-refractivity contribution in [3.8, 4) is 0 Å². The van der Waals surface area contributed by atoms with Crippen LogP contribution in [-0.2, 0) is 48.4 Å². The lowest BCUT2D eigenvalue weighted by molar-refractivity contribution is -0.0586. The van der Waals surface area contributed by atoms with Crippen LogP contribution in [0, 0.1) is 0 Å². The first-order valence-electron chi connectivity index (χ1n) is 16.0. The van der Waals surface area contributed by atoms with E-state index in [2.05, 4.69) is 56.1 Å². The molecule has 272 valence electrons. The second kappa shape index (κ2) is 13.2. The van der Waals surface area contributed by atoms with Crippen LogP contribution in [0.15, 0.2) is 54.0 Å². The maximum absolute atomic E-state index is 13.9. The Bertz CT molecular complexity index is 2070. The van der Waals surface area contributed by atoms with Gasteiger partial charge < -0.3 is 33.6 Å². The average Bonchev–Trinajstić information content (AvgIpc) is 3.81. The number of rotatable bonds is 4. The number of pyridine rings is 1. The number of imidazole rings is 1. The monoisotopic (exact) mass is 786 g/mol. The van der Waals surface area contributed by atoms with Gasteiger partial charge in [-0.05, 0) is 42.1 Å². The Kier molecular flexibility index (Phi) is 9.58. The lowest BCUT2D eigenvalue weighted by atomic mass is 10.1.